The van der Waals surface area contributed by atoms with Gasteiger partial charge < -0.3 is 24.3 Å². The predicted molar refractivity (Wildman–Crippen MR) is 199 cm³/mol. The molecule has 0 saturated heterocycles. The van der Waals surface area contributed by atoms with Gasteiger partial charge in [0, 0.05) is 39.0 Å². The number of nitrogens with zero attached hydrogens (tertiary/aromatic N) is 1. The zero-order valence-corrected chi connectivity index (χ0v) is 32.1. The van der Waals surface area contributed by atoms with Crippen LogP contribution in [0.25, 0.3) is 16.5 Å². The molecular weight excluding hydrogens is 638 g/mol. The number of carbonyl (C=O) groups is 2. The zero-order valence-electron chi connectivity index (χ0n) is 32.1. The lowest BCUT2D eigenvalue weighted by atomic mass is 9.40. The molecule has 7 nitrogen and oxygen atoms in total. The van der Waals surface area contributed by atoms with Crippen molar-refractivity contribution in [2.75, 3.05) is 7.11 Å². The number of Topliss-reactive ketones (excluding diaryl/α,β-unsaturated/α-hetero) is 1. The summed E-state index contributed by atoms with van der Waals surface area (Å²) in [6.45, 7) is 23.4. The van der Waals surface area contributed by atoms with E-state index in [9.17, 15) is 19.8 Å². The van der Waals surface area contributed by atoms with Crippen molar-refractivity contribution < 1.29 is 29.3 Å². The third-order valence-electron chi connectivity index (χ3n) is 14.9. The predicted octanol–water partition coefficient (Wildman–Crippen LogP) is 8.27. The number of esters is 1. The van der Waals surface area contributed by atoms with Crippen LogP contribution < -0.4 is 0 Å². The van der Waals surface area contributed by atoms with E-state index in [2.05, 4.69) is 77.8 Å². The summed E-state index contributed by atoms with van der Waals surface area (Å²) >= 11 is 0. The van der Waals surface area contributed by atoms with Crippen molar-refractivity contribution >= 4 is 28.2 Å². The molecule has 0 unspecified atom stereocenters. The normalized spacial score (nSPS) is 38.6. The number of benzene rings is 1. The van der Waals surface area contributed by atoms with Crippen LogP contribution >= 0.6 is 0 Å². The molecule has 2 aromatic rings. The Morgan fingerprint density at radius 2 is 1.78 bits per heavy atom. The summed E-state index contributed by atoms with van der Waals surface area (Å²) in [7, 11) is 1.39. The number of hydrogen-bond acceptors (Lipinski definition) is 6. The van der Waals surface area contributed by atoms with Crippen LogP contribution in [0.3, 0.4) is 0 Å². The van der Waals surface area contributed by atoms with Crippen molar-refractivity contribution in [1.29, 1.82) is 0 Å². The van der Waals surface area contributed by atoms with E-state index in [0.29, 0.717) is 23.5 Å². The highest BCUT2D eigenvalue weighted by atomic mass is 16.5. The lowest BCUT2D eigenvalue weighted by molar-refractivity contribution is -0.144. The average Bonchev–Trinajstić information content (AvgIpc) is 3.71. The number of allylic oxidation sites excluding steroid dienone is 3. The molecule has 4 aliphatic carbocycles. The summed E-state index contributed by atoms with van der Waals surface area (Å²) in [6.07, 6.45) is 11.1. The number of rotatable bonds is 4. The van der Waals surface area contributed by atoms with Crippen molar-refractivity contribution in [3.05, 3.63) is 76.0 Å². The Morgan fingerprint density at radius 3 is 2.45 bits per heavy atom. The van der Waals surface area contributed by atoms with Gasteiger partial charge in [0.15, 0.2) is 5.78 Å². The Hall–Kier alpha value is -3.26. The Morgan fingerprint density at radius 1 is 1.08 bits per heavy atom. The number of fused-ring (bicyclic) bond motifs is 11. The summed E-state index contributed by atoms with van der Waals surface area (Å²) in [4.78, 5) is 27.0. The lowest BCUT2D eigenvalue weighted by Crippen LogP contribution is -2.62. The second-order valence-electron chi connectivity index (χ2n) is 18.5. The molecule has 0 spiro atoms. The number of methoxy groups -OCH3 is 1. The van der Waals surface area contributed by atoms with Gasteiger partial charge in [0.1, 0.15) is 6.04 Å². The smallest absolute Gasteiger partial charge is 0.333 e. The van der Waals surface area contributed by atoms with Gasteiger partial charge in [-0.15, -0.1) is 0 Å². The topological polar surface area (TPSA) is 98.0 Å². The molecule has 2 N–H and O–H groups in total. The van der Waals surface area contributed by atoms with Crippen LogP contribution in [0.15, 0.2) is 48.1 Å². The maximum atomic E-state index is 14.9. The summed E-state index contributed by atoms with van der Waals surface area (Å²) in [5.41, 5.74) is 6.25. The van der Waals surface area contributed by atoms with Gasteiger partial charge in [-0.3, -0.25) is 4.79 Å². The van der Waals surface area contributed by atoms with E-state index in [1.54, 1.807) is 13.0 Å². The fraction of sp³-hybridized carbons (Fsp3) is 0.591. The monoisotopic (exact) mass is 693 g/mol. The van der Waals surface area contributed by atoms with Crippen molar-refractivity contribution in [1.82, 2.24) is 4.57 Å². The number of carbonyl (C=O) groups excluding carboxylic acids is 2. The third-order valence-corrected chi connectivity index (χ3v) is 14.9. The number of aliphatic hydroxyl groups is 2. The van der Waals surface area contributed by atoms with E-state index in [1.807, 2.05) is 13.0 Å². The SMILES string of the molecule is C=C(C)[C@H]1C(=O)c2c3c(cc4c5c(n1c24)[C@@]1(C)[C@@H](CC[C@H]2[C@](C)(/C=C/C=C(/C)C(=O)OC)[C@@H](O)CC[C@@]21C)C5)C1=CC(C)(C)OC(C)(C)[C@H]1[C@@H]3O. The van der Waals surface area contributed by atoms with Gasteiger partial charge in [0.25, 0.3) is 0 Å². The highest BCUT2D eigenvalue weighted by molar-refractivity contribution is 6.18. The standard InChI is InChI=1S/C44H55NO6/c1-22(2)34-37(48)32-31-25(28-21-40(4,5)51-41(6,7)33(28)36(31)47)20-26-27-19-24-14-15-29-42(8,17-12-13-23(3)39(49)50-11)30(46)16-18-43(29,9)44(24,10)38(27)45(34)35(26)32/h12-13,17,20-21,24,29-30,33-34,36,46-47H,1,14-16,18-19H2,2-11H3/b17-12+,23-13-/t24-,29-,30-,33+,34-,36+,42-,43-,44+/m0/s1. The molecule has 0 bridgehead atoms. The number of hydrogen-bond donors (Lipinski definition) is 2. The van der Waals surface area contributed by atoms with E-state index in [4.69, 9.17) is 9.47 Å². The van der Waals surface area contributed by atoms with E-state index in [1.165, 1.54) is 18.4 Å². The fourth-order valence-corrected chi connectivity index (χ4v) is 12.7. The zero-order chi connectivity index (χ0) is 37.0. The number of ether oxygens (including phenoxy) is 2. The van der Waals surface area contributed by atoms with Crippen LogP contribution in [0.1, 0.15) is 133 Å². The minimum Gasteiger partial charge on any atom is -0.466 e. The minimum absolute atomic E-state index is 0.0302. The highest BCUT2D eigenvalue weighted by Gasteiger charge is 2.67. The molecule has 51 heavy (non-hydrogen) atoms. The van der Waals surface area contributed by atoms with Crippen LogP contribution in [0.4, 0.5) is 0 Å². The van der Waals surface area contributed by atoms with E-state index in [0.717, 1.165) is 58.9 Å². The number of ketones is 1. The van der Waals surface area contributed by atoms with Gasteiger partial charge >= 0.3 is 5.97 Å². The maximum Gasteiger partial charge on any atom is 0.333 e. The first-order valence-electron chi connectivity index (χ1n) is 18.9. The molecule has 0 amide bonds. The summed E-state index contributed by atoms with van der Waals surface area (Å²) in [6, 6.07) is 1.77. The third kappa shape index (κ3) is 4.23. The van der Waals surface area contributed by atoms with Crippen LogP contribution in [0.5, 0.6) is 0 Å². The fourth-order valence-electron chi connectivity index (χ4n) is 12.7. The van der Waals surface area contributed by atoms with Gasteiger partial charge in [-0.1, -0.05) is 51.2 Å². The molecule has 272 valence electrons. The molecule has 1 aromatic heterocycles. The molecule has 8 rings (SSSR count). The maximum absolute atomic E-state index is 14.9. The molecule has 1 aromatic carbocycles. The number of aromatic nitrogens is 1. The van der Waals surface area contributed by atoms with Crippen LogP contribution in [-0.2, 0) is 26.1 Å². The van der Waals surface area contributed by atoms with E-state index >= 15 is 0 Å². The number of aliphatic hydroxyl groups excluding tert-OH is 2. The second-order valence-corrected chi connectivity index (χ2v) is 18.5. The minimum atomic E-state index is -0.855. The van der Waals surface area contributed by atoms with Crippen molar-refractivity contribution in [3.63, 3.8) is 0 Å². The first-order chi connectivity index (χ1) is 23.7. The first kappa shape index (κ1) is 34.8. The lowest BCUT2D eigenvalue weighted by Gasteiger charge is -2.64. The Labute approximate surface area is 302 Å². The summed E-state index contributed by atoms with van der Waals surface area (Å²) in [5, 5.41) is 25.0. The summed E-state index contributed by atoms with van der Waals surface area (Å²) in [5.74, 6) is -0.0497. The highest BCUT2D eigenvalue weighted by Crippen LogP contribution is 2.71. The molecule has 7 heteroatoms. The van der Waals surface area contributed by atoms with Crippen LogP contribution in [0.2, 0.25) is 0 Å². The van der Waals surface area contributed by atoms with Gasteiger partial charge in [-0.25, -0.2) is 4.79 Å². The molecule has 2 fully saturated rings. The van der Waals surface area contributed by atoms with Crippen molar-refractivity contribution in [2.45, 2.75) is 129 Å². The molecular formula is C44H55NO6. The molecule has 0 radical (unpaired) electrons. The van der Waals surface area contributed by atoms with Gasteiger partial charge in [-0.2, -0.15) is 0 Å². The van der Waals surface area contributed by atoms with Crippen molar-refractivity contribution in [2.24, 2.45) is 28.6 Å². The Bertz CT molecular complexity index is 2040. The van der Waals surface area contributed by atoms with E-state index in [-0.39, 0.29) is 34.4 Å². The first-order valence-corrected chi connectivity index (χ1v) is 18.9. The van der Waals surface area contributed by atoms with Crippen LogP contribution in [0, 0.1) is 28.6 Å². The van der Waals surface area contributed by atoms with Crippen molar-refractivity contribution in [3.8, 4) is 0 Å². The quantitative estimate of drug-likeness (QED) is 0.145. The van der Waals surface area contributed by atoms with Gasteiger partial charge in [-0.05, 0) is 120 Å². The van der Waals surface area contributed by atoms with Gasteiger partial charge in [0.05, 0.1) is 41.6 Å². The van der Waals surface area contributed by atoms with E-state index < -0.39 is 34.9 Å². The molecule has 2 aliphatic heterocycles. The molecule has 2 saturated carbocycles. The van der Waals surface area contributed by atoms with Gasteiger partial charge in [0.2, 0.25) is 0 Å². The summed E-state index contributed by atoms with van der Waals surface area (Å²) < 4.78 is 13.8. The molecule has 3 heterocycles. The second kappa shape index (κ2) is 10.7. The average molecular weight is 694 g/mol. The Kier molecular flexibility index (Phi) is 7.28. The largest absolute Gasteiger partial charge is 0.466 e. The Balaban J connectivity index is 1.34. The van der Waals surface area contributed by atoms with Crippen LogP contribution in [-0.4, -0.2) is 50.9 Å². The molecule has 9 atom stereocenters. The molecule has 6 aliphatic rings.